The Kier molecular flexibility index (Phi) is 7.09. The Balaban J connectivity index is 0.00000324. The summed E-state index contributed by atoms with van der Waals surface area (Å²) in [4.78, 5) is 11.7. The summed E-state index contributed by atoms with van der Waals surface area (Å²) in [7, 11) is 0. The van der Waals surface area contributed by atoms with Crippen LogP contribution in [-0.2, 0) is 10.2 Å². The molecule has 4 heteroatoms. The lowest BCUT2D eigenvalue weighted by atomic mass is 9.84. The molecule has 0 radical (unpaired) electrons. The predicted octanol–water partition coefficient (Wildman–Crippen LogP) is 2.41. The average molecular weight is 285 g/mol. The molecule has 108 valence electrons. The molecule has 1 unspecified atom stereocenters. The van der Waals surface area contributed by atoms with Gasteiger partial charge in [0.15, 0.2) is 0 Å². The zero-order valence-corrected chi connectivity index (χ0v) is 13.0. The van der Waals surface area contributed by atoms with Crippen molar-refractivity contribution < 1.29 is 4.79 Å². The smallest absolute Gasteiger partial charge is 0.224 e. The molecule has 1 aromatic rings. The molecule has 0 saturated heterocycles. The van der Waals surface area contributed by atoms with Gasteiger partial charge in [0.05, 0.1) is 0 Å². The van der Waals surface area contributed by atoms with Crippen LogP contribution in [0.25, 0.3) is 0 Å². The Labute approximate surface area is 122 Å². The fourth-order valence-electron chi connectivity index (χ4n) is 1.76. The van der Waals surface area contributed by atoms with Crippen LogP contribution in [0, 0.1) is 12.8 Å². The summed E-state index contributed by atoms with van der Waals surface area (Å²) in [5.74, 6) is -0.100. The molecule has 0 heterocycles. The van der Waals surface area contributed by atoms with Crippen molar-refractivity contribution in [1.82, 2.24) is 5.32 Å². The molecule has 0 aliphatic rings. The lowest BCUT2D eigenvalue weighted by Crippen LogP contribution is -2.40. The summed E-state index contributed by atoms with van der Waals surface area (Å²) < 4.78 is 0. The molecular formula is C15H25ClN2O. The van der Waals surface area contributed by atoms with Gasteiger partial charge in [0.2, 0.25) is 5.91 Å². The second-order valence-electron chi connectivity index (χ2n) is 5.61. The van der Waals surface area contributed by atoms with Gasteiger partial charge in [-0.1, -0.05) is 50.6 Å². The van der Waals surface area contributed by atoms with Crippen LogP contribution in [0.3, 0.4) is 0 Å². The fraction of sp³-hybridized carbons (Fsp3) is 0.533. The highest BCUT2D eigenvalue weighted by Crippen LogP contribution is 2.23. The van der Waals surface area contributed by atoms with Crippen LogP contribution in [0.5, 0.6) is 0 Å². The lowest BCUT2D eigenvalue weighted by molar-refractivity contribution is -0.124. The van der Waals surface area contributed by atoms with Crippen LogP contribution in [0.15, 0.2) is 24.3 Å². The van der Waals surface area contributed by atoms with Gasteiger partial charge >= 0.3 is 0 Å². The molecule has 0 fully saturated rings. The Morgan fingerprint density at radius 3 is 2.58 bits per heavy atom. The van der Waals surface area contributed by atoms with Gasteiger partial charge in [0.25, 0.3) is 0 Å². The Hall–Kier alpha value is -1.06. The van der Waals surface area contributed by atoms with Crippen LogP contribution in [0.1, 0.15) is 31.9 Å². The summed E-state index contributed by atoms with van der Waals surface area (Å²) in [6.45, 7) is 9.20. The minimum Gasteiger partial charge on any atom is -0.355 e. The molecule has 19 heavy (non-hydrogen) atoms. The highest BCUT2D eigenvalue weighted by molar-refractivity contribution is 5.85. The number of hydrogen-bond acceptors (Lipinski definition) is 2. The van der Waals surface area contributed by atoms with Gasteiger partial charge in [0.1, 0.15) is 0 Å². The maximum absolute atomic E-state index is 11.7. The molecule has 1 amide bonds. The monoisotopic (exact) mass is 284 g/mol. The first-order chi connectivity index (χ1) is 8.36. The van der Waals surface area contributed by atoms with E-state index >= 15 is 0 Å². The lowest BCUT2D eigenvalue weighted by Gasteiger charge is -2.26. The van der Waals surface area contributed by atoms with E-state index in [1.807, 2.05) is 6.92 Å². The minimum atomic E-state index is -0.127. The standard InChI is InChI=1S/C15H24N2O.ClH/c1-11-6-5-7-13(8-11)15(3,4)10-17-14(18)12(2)9-16;/h5-8,12H,9-10,16H2,1-4H3,(H,17,18);1H. The Morgan fingerprint density at radius 2 is 2.05 bits per heavy atom. The topological polar surface area (TPSA) is 55.1 Å². The third-order valence-corrected chi connectivity index (χ3v) is 3.31. The molecule has 1 atom stereocenters. The van der Waals surface area contributed by atoms with Gasteiger partial charge < -0.3 is 11.1 Å². The van der Waals surface area contributed by atoms with E-state index in [-0.39, 0.29) is 29.6 Å². The number of amides is 1. The normalized spacial score (nSPS) is 12.5. The Bertz CT molecular complexity index is 418. The molecule has 0 bridgehead atoms. The molecule has 1 rings (SSSR count). The number of nitrogens with one attached hydrogen (secondary N) is 1. The number of halogens is 1. The van der Waals surface area contributed by atoms with E-state index in [0.717, 1.165) is 0 Å². The number of hydrogen-bond donors (Lipinski definition) is 2. The molecule has 3 nitrogen and oxygen atoms in total. The summed E-state index contributed by atoms with van der Waals surface area (Å²) in [6, 6.07) is 8.40. The number of benzene rings is 1. The third-order valence-electron chi connectivity index (χ3n) is 3.31. The van der Waals surface area contributed by atoms with Crippen LogP contribution < -0.4 is 11.1 Å². The van der Waals surface area contributed by atoms with Crippen LogP contribution in [0.4, 0.5) is 0 Å². The van der Waals surface area contributed by atoms with Gasteiger partial charge in [-0.3, -0.25) is 4.79 Å². The number of aryl methyl sites for hydroxylation is 1. The third kappa shape index (κ3) is 5.21. The van der Waals surface area contributed by atoms with Crippen molar-refractivity contribution in [1.29, 1.82) is 0 Å². The van der Waals surface area contributed by atoms with Crippen molar-refractivity contribution in [2.24, 2.45) is 11.7 Å². The summed E-state index contributed by atoms with van der Waals surface area (Å²) in [5.41, 5.74) is 7.89. The number of carbonyl (C=O) groups excluding carboxylic acids is 1. The molecule has 0 saturated carbocycles. The maximum atomic E-state index is 11.7. The van der Waals surface area contributed by atoms with Crippen molar-refractivity contribution in [3.05, 3.63) is 35.4 Å². The molecule has 0 aromatic heterocycles. The van der Waals surface area contributed by atoms with Crippen molar-refractivity contribution in [3.63, 3.8) is 0 Å². The quantitative estimate of drug-likeness (QED) is 0.872. The van der Waals surface area contributed by atoms with Gasteiger partial charge in [-0.05, 0) is 12.5 Å². The van der Waals surface area contributed by atoms with E-state index in [9.17, 15) is 4.79 Å². The summed E-state index contributed by atoms with van der Waals surface area (Å²) in [5, 5.41) is 2.97. The van der Waals surface area contributed by atoms with E-state index in [0.29, 0.717) is 13.1 Å². The molecule has 1 aromatic carbocycles. The first-order valence-electron chi connectivity index (χ1n) is 6.42. The van der Waals surface area contributed by atoms with Crippen LogP contribution >= 0.6 is 12.4 Å². The van der Waals surface area contributed by atoms with Gasteiger partial charge in [-0.2, -0.15) is 0 Å². The largest absolute Gasteiger partial charge is 0.355 e. The Morgan fingerprint density at radius 1 is 1.42 bits per heavy atom. The van der Waals surface area contributed by atoms with Crippen molar-refractivity contribution in [3.8, 4) is 0 Å². The number of carbonyl (C=O) groups is 1. The maximum Gasteiger partial charge on any atom is 0.224 e. The van der Waals surface area contributed by atoms with Crippen LogP contribution in [-0.4, -0.2) is 19.0 Å². The van der Waals surface area contributed by atoms with E-state index in [1.54, 1.807) is 0 Å². The SMILES string of the molecule is Cc1cccc(C(C)(C)CNC(=O)C(C)CN)c1.Cl. The molecular weight excluding hydrogens is 260 g/mol. The second kappa shape index (κ2) is 7.51. The minimum absolute atomic E-state index is 0. The van der Waals surface area contributed by atoms with Gasteiger partial charge in [0, 0.05) is 24.4 Å². The van der Waals surface area contributed by atoms with Crippen molar-refractivity contribution >= 4 is 18.3 Å². The average Bonchev–Trinajstić information content (AvgIpc) is 2.35. The van der Waals surface area contributed by atoms with E-state index in [4.69, 9.17) is 5.73 Å². The number of nitrogens with two attached hydrogens (primary N) is 1. The molecule has 0 spiro atoms. The predicted molar refractivity (Wildman–Crippen MR) is 82.7 cm³/mol. The van der Waals surface area contributed by atoms with Gasteiger partial charge in [-0.15, -0.1) is 12.4 Å². The van der Waals surface area contributed by atoms with Crippen molar-refractivity contribution in [2.45, 2.75) is 33.1 Å². The zero-order chi connectivity index (χ0) is 13.8. The van der Waals surface area contributed by atoms with Crippen molar-refractivity contribution in [2.75, 3.05) is 13.1 Å². The zero-order valence-electron chi connectivity index (χ0n) is 12.2. The van der Waals surface area contributed by atoms with Gasteiger partial charge in [-0.25, -0.2) is 0 Å². The number of rotatable bonds is 5. The van der Waals surface area contributed by atoms with Crippen LogP contribution in [0.2, 0.25) is 0 Å². The molecule has 3 N–H and O–H groups in total. The second-order valence-corrected chi connectivity index (χ2v) is 5.61. The highest BCUT2D eigenvalue weighted by Gasteiger charge is 2.22. The van der Waals surface area contributed by atoms with E-state index in [2.05, 4.69) is 50.4 Å². The van der Waals surface area contributed by atoms with E-state index < -0.39 is 0 Å². The summed E-state index contributed by atoms with van der Waals surface area (Å²) >= 11 is 0. The molecule has 0 aliphatic heterocycles. The fourth-order valence-corrected chi connectivity index (χ4v) is 1.76. The highest BCUT2D eigenvalue weighted by atomic mass is 35.5. The first-order valence-corrected chi connectivity index (χ1v) is 6.42. The summed E-state index contributed by atoms with van der Waals surface area (Å²) in [6.07, 6.45) is 0. The molecule has 0 aliphatic carbocycles. The first kappa shape index (κ1) is 17.9. The van der Waals surface area contributed by atoms with E-state index in [1.165, 1.54) is 11.1 Å².